The topological polar surface area (TPSA) is 71.6 Å². The van der Waals surface area contributed by atoms with Crippen LogP contribution in [0.25, 0.3) is 0 Å². The van der Waals surface area contributed by atoms with Crippen molar-refractivity contribution in [3.8, 4) is 0 Å². The van der Waals surface area contributed by atoms with Gasteiger partial charge in [0, 0.05) is 32.9 Å². The second-order valence-electron chi connectivity index (χ2n) is 6.67. The molecule has 0 aromatic carbocycles. The summed E-state index contributed by atoms with van der Waals surface area (Å²) in [7, 11) is 1.84. The number of rotatable bonds is 2. The number of piperidine rings is 1. The number of carbonyl (C=O) groups excluding carboxylic acids is 2. The molecule has 2 amide bonds. The average molecular weight is 328 g/mol. The van der Waals surface area contributed by atoms with Crippen molar-refractivity contribution in [1.29, 1.82) is 0 Å². The molecule has 24 heavy (non-hydrogen) atoms. The minimum Gasteiger partial charge on any atom is -0.459 e. The summed E-state index contributed by atoms with van der Waals surface area (Å²) in [5.74, 6) is 0.306. The van der Waals surface area contributed by atoms with Gasteiger partial charge in [-0.3, -0.25) is 14.3 Å². The van der Waals surface area contributed by atoms with Crippen LogP contribution in [-0.2, 0) is 11.8 Å². The Balaban J connectivity index is 1.55. The lowest BCUT2D eigenvalue weighted by Crippen LogP contribution is -2.49. The second-order valence-corrected chi connectivity index (χ2v) is 6.67. The van der Waals surface area contributed by atoms with Gasteiger partial charge in [-0.05, 0) is 31.4 Å². The zero-order valence-corrected chi connectivity index (χ0v) is 13.6. The van der Waals surface area contributed by atoms with Crippen molar-refractivity contribution in [1.82, 2.24) is 14.7 Å². The fourth-order valence-corrected chi connectivity index (χ4v) is 3.85. The molecule has 0 saturated carbocycles. The van der Waals surface area contributed by atoms with Crippen LogP contribution in [0.2, 0.25) is 0 Å². The van der Waals surface area contributed by atoms with Crippen LogP contribution in [0, 0.1) is 5.41 Å². The standard InChI is InChI=1S/C17H20N4O3/c1-19-11-13(10-18-19)21-8-6-17(16(21)23)5-3-7-20(12-17)15(22)14-4-2-9-24-14/h2,4,9-11H,3,5-8,12H2,1H3/t17-/m0/s1. The van der Waals surface area contributed by atoms with Gasteiger partial charge in [0.1, 0.15) is 0 Å². The molecule has 7 nitrogen and oxygen atoms in total. The third kappa shape index (κ3) is 2.31. The molecule has 0 N–H and O–H groups in total. The predicted octanol–water partition coefficient (Wildman–Crippen LogP) is 1.67. The van der Waals surface area contributed by atoms with Gasteiger partial charge in [-0.2, -0.15) is 5.10 Å². The summed E-state index contributed by atoms with van der Waals surface area (Å²) in [6.07, 6.45) is 7.49. The van der Waals surface area contributed by atoms with Crippen LogP contribution in [0.15, 0.2) is 35.2 Å². The van der Waals surface area contributed by atoms with Crippen LogP contribution in [0.1, 0.15) is 29.8 Å². The summed E-state index contributed by atoms with van der Waals surface area (Å²) in [5.41, 5.74) is 0.352. The van der Waals surface area contributed by atoms with Crippen molar-refractivity contribution in [2.75, 3.05) is 24.5 Å². The third-order valence-corrected chi connectivity index (χ3v) is 5.11. The molecule has 1 atom stereocenters. The Kier molecular flexibility index (Phi) is 3.44. The molecular formula is C17H20N4O3. The van der Waals surface area contributed by atoms with Gasteiger partial charge < -0.3 is 14.2 Å². The van der Waals surface area contributed by atoms with E-state index in [0.717, 1.165) is 24.9 Å². The van der Waals surface area contributed by atoms with Crippen LogP contribution < -0.4 is 4.90 Å². The van der Waals surface area contributed by atoms with Gasteiger partial charge in [-0.25, -0.2) is 0 Å². The molecular weight excluding hydrogens is 308 g/mol. The van der Waals surface area contributed by atoms with Crippen molar-refractivity contribution in [2.45, 2.75) is 19.3 Å². The van der Waals surface area contributed by atoms with E-state index in [1.54, 1.807) is 32.8 Å². The average Bonchev–Trinajstić information content (AvgIpc) is 3.31. The summed E-state index contributed by atoms with van der Waals surface area (Å²) < 4.78 is 6.92. The first-order valence-electron chi connectivity index (χ1n) is 8.22. The van der Waals surface area contributed by atoms with Gasteiger partial charge in [0.2, 0.25) is 5.91 Å². The molecule has 2 aliphatic heterocycles. The van der Waals surface area contributed by atoms with Crippen molar-refractivity contribution < 1.29 is 14.0 Å². The van der Waals surface area contributed by atoms with Crippen LogP contribution in [-0.4, -0.2) is 46.1 Å². The Morgan fingerprint density at radius 2 is 2.21 bits per heavy atom. The van der Waals surface area contributed by atoms with Crippen LogP contribution in [0.5, 0.6) is 0 Å². The van der Waals surface area contributed by atoms with Crippen molar-refractivity contribution >= 4 is 17.5 Å². The molecule has 1 spiro atoms. The van der Waals surface area contributed by atoms with E-state index >= 15 is 0 Å². The van der Waals surface area contributed by atoms with E-state index in [-0.39, 0.29) is 11.8 Å². The van der Waals surface area contributed by atoms with Gasteiger partial charge in [0.05, 0.1) is 23.6 Å². The molecule has 2 aromatic rings. The van der Waals surface area contributed by atoms with Crippen molar-refractivity contribution in [3.05, 3.63) is 36.5 Å². The number of furan rings is 1. The molecule has 0 unspecified atom stereocenters. The van der Waals surface area contributed by atoms with Crippen LogP contribution in [0.3, 0.4) is 0 Å². The number of aromatic nitrogens is 2. The first-order chi connectivity index (χ1) is 11.6. The number of likely N-dealkylation sites (tertiary alicyclic amines) is 1. The SMILES string of the molecule is Cn1cc(N2CC[C@]3(CCCN(C(=O)c4ccco4)C3)C2=O)cn1. The first-order valence-corrected chi connectivity index (χ1v) is 8.22. The number of carbonyl (C=O) groups is 2. The minimum atomic E-state index is -0.476. The summed E-state index contributed by atoms with van der Waals surface area (Å²) in [5, 5.41) is 4.15. The zero-order chi connectivity index (χ0) is 16.7. The summed E-state index contributed by atoms with van der Waals surface area (Å²) in [6.45, 7) is 1.80. The Morgan fingerprint density at radius 3 is 2.92 bits per heavy atom. The maximum atomic E-state index is 13.1. The predicted molar refractivity (Wildman–Crippen MR) is 86.5 cm³/mol. The smallest absolute Gasteiger partial charge is 0.289 e. The van der Waals surface area contributed by atoms with Gasteiger partial charge in [0.25, 0.3) is 5.91 Å². The minimum absolute atomic E-state index is 0.104. The van der Waals surface area contributed by atoms with Crippen LogP contribution in [0.4, 0.5) is 5.69 Å². The summed E-state index contributed by atoms with van der Waals surface area (Å²) >= 11 is 0. The first kappa shape index (κ1) is 15.0. The van der Waals surface area contributed by atoms with Crippen molar-refractivity contribution in [3.63, 3.8) is 0 Å². The molecule has 2 aliphatic rings. The maximum Gasteiger partial charge on any atom is 0.289 e. The third-order valence-electron chi connectivity index (χ3n) is 5.11. The summed E-state index contributed by atoms with van der Waals surface area (Å²) in [6, 6.07) is 3.37. The molecule has 4 heterocycles. The number of aryl methyl sites for hydroxylation is 1. The molecule has 2 aromatic heterocycles. The normalized spacial score (nSPS) is 24.1. The zero-order valence-electron chi connectivity index (χ0n) is 13.6. The number of hydrogen-bond acceptors (Lipinski definition) is 4. The van der Waals surface area contributed by atoms with Crippen LogP contribution >= 0.6 is 0 Å². The van der Waals surface area contributed by atoms with E-state index in [1.165, 1.54) is 6.26 Å². The maximum absolute atomic E-state index is 13.1. The molecule has 2 saturated heterocycles. The monoisotopic (exact) mass is 328 g/mol. The highest BCUT2D eigenvalue weighted by molar-refractivity contribution is 6.00. The Hall–Kier alpha value is -2.57. The number of hydrogen-bond donors (Lipinski definition) is 0. The molecule has 7 heteroatoms. The number of anilines is 1. The van der Waals surface area contributed by atoms with Gasteiger partial charge in [-0.15, -0.1) is 0 Å². The fourth-order valence-electron chi connectivity index (χ4n) is 3.85. The van der Waals surface area contributed by atoms with Gasteiger partial charge in [-0.1, -0.05) is 0 Å². The largest absolute Gasteiger partial charge is 0.459 e. The van der Waals surface area contributed by atoms with E-state index in [2.05, 4.69) is 5.10 Å². The van der Waals surface area contributed by atoms with E-state index in [1.807, 2.05) is 13.2 Å². The highest BCUT2D eigenvalue weighted by atomic mass is 16.3. The van der Waals surface area contributed by atoms with Gasteiger partial charge in [0.15, 0.2) is 5.76 Å². The molecule has 0 aliphatic carbocycles. The fraction of sp³-hybridized carbons (Fsp3) is 0.471. The number of amides is 2. The Morgan fingerprint density at radius 1 is 1.33 bits per heavy atom. The van der Waals surface area contributed by atoms with Crippen molar-refractivity contribution in [2.24, 2.45) is 12.5 Å². The second kappa shape index (κ2) is 5.51. The lowest BCUT2D eigenvalue weighted by Gasteiger charge is -2.38. The Bertz CT molecular complexity index is 767. The molecule has 4 rings (SSSR count). The summed E-state index contributed by atoms with van der Waals surface area (Å²) in [4.78, 5) is 29.2. The molecule has 0 bridgehead atoms. The van der Waals surface area contributed by atoms with E-state index in [9.17, 15) is 9.59 Å². The lowest BCUT2D eigenvalue weighted by atomic mass is 9.78. The highest BCUT2D eigenvalue weighted by Crippen LogP contribution is 2.42. The Labute approximate surface area is 139 Å². The van der Waals surface area contributed by atoms with E-state index in [4.69, 9.17) is 4.42 Å². The molecule has 0 radical (unpaired) electrons. The van der Waals surface area contributed by atoms with Gasteiger partial charge >= 0.3 is 0 Å². The number of nitrogens with zero attached hydrogens (tertiary/aromatic N) is 4. The highest BCUT2D eigenvalue weighted by Gasteiger charge is 2.50. The molecule has 126 valence electrons. The van der Waals surface area contributed by atoms with E-state index in [0.29, 0.717) is 25.4 Å². The van der Waals surface area contributed by atoms with E-state index < -0.39 is 5.41 Å². The lowest BCUT2D eigenvalue weighted by molar-refractivity contribution is -0.127. The molecule has 2 fully saturated rings. The quantitative estimate of drug-likeness (QED) is 0.841.